The summed E-state index contributed by atoms with van der Waals surface area (Å²) in [5.41, 5.74) is 1.77. The van der Waals surface area contributed by atoms with Crippen molar-refractivity contribution in [3.63, 3.8) is 0 Å². The maximum atomic E-state index is 13.6. The monoisotopic (exact) mass is 440 g/mol. The van der Waals surface area contributed by atoms with Gasteiger partial charge >= 0.3 is 0 Å². The quantitative estimate of drug-likeness (QED) is 0.383. The zero-order chi connectivity index (χ0) is 23.4. The summed E-state index contributed by atoms with van der Waals surface area (Å²) in [6, 6.07) is 9.92. The summed E-state index contributed by atoms with van der Waals surface area (Å²) >= 11 is 0. The Morgan fingerprint density at radius 1 is 1.12 bits per heavy atom. The molecule has 0 aromatic heterocycles. The van der Waals surface area contributed by atoms with E-state index < -0.39 is 23.5 Å². The van der Waals surface area contributed by atoms with Gasteiger partial charge in [-0.2, -0.15) is 0 Å². The topological polar surface area (TPSA) is 70.1 Å². The maximum Gasteiger partial charge on any atom is 0.295 e. The molecule has 170 valence electrons. The van der Waals surface area contributed by atoms with Gasteiger partial charge in [-0.15, -0.1) is 0 Å². The summed E-state index contributed by atoms with van der Waals surface area (Å²) in [6.45, 7) is 8.41. The average Bonchev–Trinajstić information content (AvgIpc) is 3.04. The van der Waals surface area contributed by atoms with Crippen LogP contribution >= 0.6 is 0 Å². The van der Waals surface area contributed by atoms with Gasteiger partial charge in [-0.25, -0.2) is 4.39 Å². The van der Waals surface area contributed by atoms with Crippen LogP contribution < -0.4 is 4.74 Å². The second kappa shape index (κ2) is 9.96. The molecule has 32 heavy (non-hydrogen) atoms. The maximum absolute atomic E-state index is 13.6. The van der Waals surface area contributed by atoms with Gasteiger partial charge in [-0.3, -0.25) is 9.59 Å². The summed E-state index contributed by atoms with van der Waals surface area (Å²) in [4.78, 5) is 29.6. The van der Waals surface area contributed by atoms with Crippen LogP contribution in [0.25, 0.3) is 5.76 Å². The minimum absolute atomic E-state index is 0.00530. The van der Waals surface area contributed by atoms with E-state index >= 15 is 0 Å². The lowest BCUT2D eigenvalue weighted by molar-refractivity contribution is -0.140. The van der Waals surface area contributed by atoms with Gasteiger partial charge in [0.2, 0.25) is 0 Å². The highest BCUT2D eigenvalue weighted by atomic mass is 19.1. The van der Waals surface area contributed by atoms with E-state index in [0.717, 1.165) is 18.7 Å². The number of Topliss-reactive ketones (excluding diaryl/α,β-unsaturated/α-hetero) is 1. The number of ether oxygens (including phenoxy) is 1. The van der Waals surface area contributed by atoms with Gasteiger partial charge in [0.05, 0.1) is 18.7 Å². The summed E-state index contributed by atoms with van der Waals surface area (Å²) in [5, 5.41) is 11.1. The number of methoxy groups -OCH3 is 1. The van der Waals surface area contributed by atoms with E-state index in [1.165, 1.54) is 17.0 Å². The molecule has 1 aliphatic heterocycles. The summed E-state index contributed by atoms with van der Waals surface area (Å²) in [5.74, 6) is -1.44. The third-order valence-electron chi connectivity index (χ3n) is 5.95. The van der Waals surface area contributed by atoms with Crippen LogP contribution in [-0.2, 0) is 9.59 Å². The van der Waals surface area contributed by atoms with Crippen molar-refractivity contribution in [2.75, 3.05) is 33.3 Å². The molecular formula is C25H29FN2O4. The van der Waals surface area contributed by atoms with Gasteiger partial charge < -0.3 is 19.6 Å². The SMILES string of the molecule is CCN(CC)CCN1C(=O)C(=O)/C(=C(/O)c2ccc(OC)c(C)c2)[C@@H]1c1ccc(F)cc1. The van der Waals surface area contributed by atoms with Crippen LogP contribution in [0.4, 0.5) is 4.39 Å². The van der Waals surface area contributed by atoms with Gasteiger partial charge in [0.15, 0.2) is 0 Å². The average molecular weight is 441 g/mol. The van der Waals surface area contributed by atoms with E-state index in [-0.39, 0.29) is 11.3 Å². The molecule has 0 aliphatic carbocycles. The molecular weight excluding hydrogens is 411 g/mol. The highest BCUT2D eigenvalue weighted by Gasteiger charge is 2.46. The lowest BCUT2D eigenvalue weighted by atomic mass is 9.94. The fourth-order valence-electron chi connectivity index (χ4n) is 4.07. The second-order valence-electron chi connectivity index (χ2n) is 7.76. The number of likely N-dealkylation sites (N-methyl/N-ethyl adjacent to an activating group) is 1. The number of amides is 1. The van der Waals surface area contributed by atoms with Gasteiger partial charge in [-0.05, 0) is 61.5 Å². The molecule has 0 spiro atoms. The highest BCUT2D eigenvalue weighted by Crippen LogP contribution is 2.39. The first-order valence-corrected chi connectivity index (χ1v) is 10.7. The fourth-order valence-corrected chi connectivity index (χ4v) is 4.07. The zero-order valence-corrected chi connectivity index (χ0v) is 18.9. The Balaban J connectivity index is 2.10. The Morgan fingerprint density at radius 3 is 2.34 bits per heavy atom. The Bertz CT molecular complexity index is 1030. The second-order valence-corrected chi connectivity index (χ2v) is 7.76. The van der Waals surface area contributed by atoms with E-state index in [9.17, 15) is 19.1 Å². The van der Waals surface area contributed by atoms with Crippen molar-refractivity contribution in [3.05, 3.63) is 70.5 Å². The lowest BCUT2D eigenvalue weighted by Crippen LogP contribution is -2.38. The molecule has 2 aromatic carbocycles. The number of halogens is 1. The van der Waals surface area contributed by atoms with Crippen molar-refractivity contribution in [3.8, 4) is 5.75 Å². The van der Waals surface area contributed by atoms with Crippen LogP contribution in [-0.4, -0.2) is 59.9 Å². The number of ketones is 1. The van der Waals surface area contributed by atoms with Crippen LogP contribution in [0.1, 0.15) is 36.6 Å². The van der Waals surface area contributed by atoms with Gasteiger partial charge in [0.25, 0.3) is 11.7 Å². The molecule has 2 aromatic rings. The minimum Gasteiger partial charge on any atom is -0.507 e. The molecule has 6 nitrogen and oxygen atoms in total. The molecule has 1 N–H and O–H groups in total. The lowest BCUT2D eigenvalue weighted by Gasteiger charge is -2.28. The zero-order valence-electron chi connectivity index (χ0n) is 18.9. The van der Waals surface area contributed by atoms with Crippen molar-refractivity contribution in [2.24, 2.45) is 0 Å². The predicted octanol–water partition coefficient (Wildman–Crippen LogP) is 3.91. The predicted molar refractivity (Wildman–Crippen MR) is 121 cm³/mol. The smallest absolute Gasteiger partial charge is 0.295 e. The molecule has 1 fully saturated rings. The van der Waals surface area contributed by atoms with Gasteiger partial charge in [-0.1, -0.05) is 26.0 Å². The first-order valence-electron chi connectivity index (χ1n) is 10.7. The molecule has 1 saturated heterocycles. The normalized spacial score (nSPS) is 17.9. The van der Waals surface area contributed by atoms with E-state index in [1.54, 1.807) is 37.4 Å². The number of aliphatic hydroxyl groups excluding tert-OH is 1. The molecule has 3 rings (SSSR count). The molecule has 1 amide bonds. The van der Waals surface area contributed by atoms with E-state index in [2.05, 4.69) is 4.90 Å². The number of nitrogens with zero attached hydrogens (tertiary/aromatic N) is 2. The minimum atomic E-state index is -0.798. The molecule has 1 aliphatic rings. The number of carbonyl (C=O) groups excluding carboxylic acids is 2. The summed E-state index contributed by atoms with van der Waals surface area (Å²) < 4.78 is 18.8. The standard InChI is InChI=1S/C25H29FN2O4/c1-5-27(6-2)13-14-28-22(17-7-10-19(26)11-8-17)21(24(30)25(28)31)23(29)18-9-12-20(32-4)16(3)15-18/h7-12,15,22,29H,5-6,13-14H2,1-4H3/b23-21+/t22-/m0/s1. The third kappa shape index (κ3) is 4.53. The van der Waals surface area contributed by atoms with Crippen molar-refractivity contribution in [1.82, 2.24) is 9.80 Å². The summed E-state index contributed by atoms with van der Waals surface area (Å²) in [6.07, 6.45) is 0. The van der Waals surface area contributed by atoms with Crippen molar-refractivity contribution in [1.29, 1.82) is 0 Å². The molecule has 0 saturated carbocycles. The van der Waals surface area contributed by atoms with Gasteiger partial charge in [0.1, 0.15) is 17.3 Å². The Labute approximate surface area is 187 Å². The molecule has 1 atom stereocenters. The van der Waals surface area contributed by atoms with Crippen LogP contribution in [0.15, 0.2) is 48.0 Å². The molecule has 7 heteroatoms. The largest absolute Gasteiger partial charge is 0.507 e. The van der Waals surface area contributed by atoms with Crippen molar-refractivity contribution in [2.45, 2.75) is 26.8 Å². The van der Waals surface area contributed by atoms with Crippen LogP contribution in [0.5, 0.6) is 5.75 Å². The number of aliphatic hydroxyl groups is 1. The third-order valence-corrected chi connectivity index (χ3v) is 5.95. The molecule has 0 radical (unpaired) electrons. The molecule has 0 bridgehead atoms. The van der Waals surface area contributed by atoms with Crippen molar-refractivity contribution >= 4 is 17.4 Å². The highest BCUT2D eigenvalue weighted by molar-refractivity contribution is 6.46. The van der Waals surface area contributed by atoms with Crippen molar-refractivity contribution < 1.29 is 23.8 Å². The van der Waals surface area contributed by atoms with E-state index in [0.29, 0.717) is 30.0 Å². The van der Waals surface area contributed by atoms with Crippen LogP contribution in [0, 0.1) is 12.7 Å². The Kier molecular flexibility index (Phi) is 7.30. The number of benzene rings is 2. The summed E-state index contributed by atoms with van der Waals surface area (Å²) in [7, 11) is 1.55. The number of rotatable bonds is 8. The fraction of sp³-hybridized carbons (Fsp3) is 0.360. The Morgan fingerprint density at radius 2 is 1.78 bits per heavy atom. The first-order chi connectivity index (χ1) is 15.3. The number of likely N-dealkylation sites (tertiary alicyclic amines) is 1. The number of aryl methyl sites for hydroxylation is 1. The van der Waals surface area contributed by atoms with E-state index in [4.69, 9.17) is 4.74 Å². The van der Waals surface area contributed by atoms with Crippen LogP contribution in [0.2, 0.25) is 0 Å². The number of hydrogen-bond donors (Lipinski definition) is 1. The first kappa shape index (κ1) is 23.5. The molecule has 1 heterocycles. The van der Waals surface area contributed by atoms with Crippen LogP contribution in [0.3, 0.4) is 0 Å². The van der Waals surface area contributed by atoms with E-state index in [1.807, 2.05) is 20.8 Å². The number of carbonyl (C=O) groups is 2. The molecule has 0 unspecified atom stereocenters. The Hall–Kier alpha value is -3.19. The number of hydrogen-bond acceptors (Lipinski definition) is 5. The van der Waals surface area contributed by atoms with Gasteiger partial charge in [0, 0.05) is 18.7 Å².